The molecule has 8 nitrogen and oxygen atoms in total. The van der Waals surface area contributed by atoms with E-state index in [4.69, 9.17) is 4.74 Å². The molecular weight excluding hydrogens is 623 g/mol. The average molecular weight is 656 g/mol. The highest BCUT2D eigenvalue weighted by Crippen LogP contribution is 2.37. The Morgan fingerprint density at radius 3 is 2.06 bits per heavy atom. The molecule has 9 heteroatoms. The highest BCUT2D eigenvalue weighted by atomic mass is 32.2. The maximum absolute atomic E-state index is 13.7. The van der Waals surface area contributed by atoms with E-state index in [-0.39, 0.29) is 17.4 Å². The molecule has 0 bridgehead atoms. The third-order valence-electron chi connectivity index (χ3n) is 7.18. The molecule has 3 amide bonds. The summed E-state index contributed by atoms with van der Waals surface area (Å²) in [4.78, 5) is 52.7. The lowest BCUT2D eigenvalue weighted by Gasteiger charge is -2.18. The van der Waals surface area contributed by atoms with Crippen molar-refractivity contribution >= 4 is 52.7 Å². The van der Waals surface area contributed by atoms with Crippen molar-refractivity contribution in [2.45, 2.75) is 17.1 Å². The summed E-state index contributed by atoms with van der Waals surface area (Å²) in [6.07, 6.45) is 1.58. The molecule has 0 aliphatic heterocycles. The number of rotatable bonds is 12. The van der Waals surface area contributed by atoms with Crippen molar-refractivity contribution in [3.63, 3.8) is 0 Å². The van der Waals surface area contributed by atoms with Gasteiger partial charge in [0.25, 0.3) is 11.8 Å². The summed E-state index contributed by atoms with van der Waals surface area (Å²) in [5, 5.41) is 7.97. The second-order valence-corrected chi connectivity index (χ2v) is 11.8. The van der Waals surface area contributed by atoms with Gasteiger partial charge in [-0.05, 0) is 90.9 Å². The molecule has 0 radical (unpaired) electrons. The molecule has 5 aromatic rings. The van der Waals surface area contributed by atoms with Gasteiger partial charge in [0.05, 0.1) is 7.11 Å². The zero-order chi connectivity index (χ0) is 33.9. The third-order valence-corrected chi connectivity index (χ3v) is 8.43. The standard InChI is InChI=1S/C39H33N3O5S/c1-26(43)28-19-21-31(22-20-28)40-39(46)36(29-12-5-3-6-13-29)48-34-18-10-16-32(25-34)41-38(45)35(24-27-11-9-17-33(23-27)47-2)42-37(44)30-14-7-4-8-15-30/h3-25,36H,1-2H3,(H,40,46)(H,41,45)(H,42,44)/b35-24-. The first-order valence-electron chi connectivity index (χ1n) is 15.1. The SMILES string of the molecule is COc1cccc(/C=C(\NC(=O)c2ccccc2)C(=O)Nc2cccc(SC(C(=O)Nc3ccc(C(C)=O)cc3)c3ccccc3)c2)c1. The minimum absolute atomic E-state index is 0.0347. The summed E-state index contributed by atoms with van der Waals surface area (Å²) in [6.45, 7) is 1.49. The Kier molecular flexibility index (Phi) is 11.2. The summed E-state index contributed by atoms with van der Waals surface area (Å²) in [6, 6.07) is 39.0. The van der Waals surface area contributed by atoms with E-state index in [0.717, 1.165) is 10.5 Å². The van der Waals surface area contributed by atoms with Crippen LogP contribution in [0.25, 0.3) is 6.08 Å². The maximum Gasteiger partial charge on any atom is 0.272 e. The highest BCUT2D eigenvalue weighted by Gasteiger charge is 2.23. The van der Waals surface area contributed by atoms with Crippen LogP contribution in [0.5, 0.6) is 5.75 Å². The number of methoxy groups -OCH3 is 1. The van der Waals surface area contributed by atoms with Crippen molar-refractivity contribution in [2.24, 2.45) is 0 Å². The molecule has 0 spiro atoms. The minimum Gasteiger partial charge on any atom is -0.497 e. The van der Waals surface area contributed by atoms with Crippen LogP contribution in [0.3, 0.4) is 0 Å². The predicted octanol–water partition coefficient (Wildman–Crippen LogP) is 7.78. The van der Waals surface area contributed by atoms with Crippen LogP contribution >= 0.6 is 11.8 Å². The second kappa shape index (κ2) is 16.1. The van der Waals surface area contributed by atoms with Gasteiger partial charge in [0.15, 0.2) is 5.78 Å². The summed E-state index contributed by atoms with van der Waals surface area (Å²) >= 11 is 1.33. The second-order valence-electron chi connectivity index (χ2n) is 10.7. The van der Waals surface area contributed by atoms with Crippen molar-refractivity contribution in [1.29, 1.82) is 0 Å². The number of benzene rings is 5. The fraction of sp³-hybridized carbons (Fsp3) is 0.0769. The van der Waals surface area contributed by atoms with Crippen LogP contribution in [0.4, 0.5) is 11.4 Å². The molecule has 1 atom stereocenters. The van der Waals surface area contributed by atoms with E-state index in [1.165, 1.54) is 18.7 Å². The number of anilines is 2. The lowest BCUT2D eigenvalue weighted by molar-refractivity contribution is -0.116. The van der Waals surface area contributed by atoms with Gasteiger partial charge in [-0.25, -0.2) is 0 Å². The highest BCUT2D eigenvalue weighted by molar-refractivity contribution is 8.00. The van der Waals surface area contributed by atoms with Crippen molar-refractivity contribution in [3.05, 3.63) is 161 Å². The molecule has 5 aromatic carbocycles. The number of Topliss-reactive ketones (excluding diaryl/α,β-unsaturated/α-hetero) is 1. The topological polar surface area (TPSA) is 114 Å². The van der Waals surface area contributed by atoms with Crippen LogP contribution in [-0.4, -0.2) is 30.6 Å². The van der Waals surface area contributed by atoms with Gasteiger partial charge in [-0.2, -0.15) is 0 Å². The molecule has 1 unspecified atom stereocenters. The van der Waals surface area contributed by atoms with Gasteiger partial charge in [-0.1, -0.05) is 66.7 Å². The Labute approximate surface area is 283 Å². The monoisotopic (exact) mass is 655 g/mol. The average Bonchev–Trinajstić information content (AvgIpc) is 3.11. The van der Waals surface area contributed by atoms with Gasteiger partial charge in [0.1, 0.15) is 16.7 Å². The van der Waals surface area contributed by atoms with Gasteiger partial charge < -0.3 is 20.7 Å². The molecule has 0 fully saturated rings. The van der Waals surface area contributed by atoms with Gasteiger partial charge in [0, 0.05) is 27.4 Å². The van der Waals surface area contributed by atoms with Crippen LogP contribution in [-0.2, 0) is 9.59 Å². The summed E-state index contributed by atoms with van der Waals surface area (Å²) in [5.74, 6) is -0.664. The molecule has 3 N–H and O–H groups in total. The number of nitrogens with one attached hydrogen (secondary N) is 3. The Balaban J connectivity index is 1.37. The van der Waals surface area contributed by atoms with E-state index in [2.05, 4.69) is 16.0 Å². The normalized spacial score (nSPS) is 11.6. The lowest BCUT2D eigenvalue weighted by atomic mass is 10.1. The number of amides is 3. The number of thioether (sulfide) groups is 1. The molecule has 0 saturated carbocycles. The molecule has 0 aliphatic rings. The first-order chi connectivity index (χ1) is 23.3. The van der Waals surface area contributed by atoms with Crippen molar-refractivity contribution < 1.29 is 23.9 Å². The molecule has 240 valence electrons. The van der Waals surface area contributed by atoms with E-state index in [9.17, 15) is 19.2 Å². The van der Waals surface area contributed by atoms with E-state index in [1.807, 2.05) is 36.4 Å². The summed E-state index contributed by atoms with van der Waals surface area (Å²) in [7, 11) is 1.55. The fourth-order valence-corrected chi connectivity index (χ4v) is 5.80. The van der Waals surface area contributed by atoms with Crippen LogP contribution in [0, 0.1) is 0 Å². The quantitative estimate of drug-likeness (QED) is 0.0719. The number of carbonyl (C=O) groups is 4. The van der Waals surface area contributed by atoms with E-state index < -0.39 is 17.1 Å². The van der Waals surface area contributed by atoms with Crippen LogP contribution in [0.1, 0.15) is 44.0 Å². The summed E-state index contributed by atoms with van der Waals surface area (Å²) in [5.41, 5.74) is 3.49. The Morgan fingerprint density at radius 1 is 0.688 bits per heavy atom. The van der Waals surface area contributed by atoms with Crippen LogP contribution in [0.15, 0.2) is 144 Å². The number of hydrogen-bond donors (Lipinski definition) is 3. The van der Waals surface area contributed by atoms with E-state index in [1.54, 1.807) is 110 Å². The van der Waals surface area contributed by atoms with Gasteiger partial charge in [-0.3, -0.25) is 19.2 Å². The molecule has 5 rings (SSSR count). The Hall–Kier alpha value is -5.93. The van der Waals surface area contributed by atoms with Crippen molar-refractivity contribution in [1.82, 2.24) is 5.32 Å². The van der Waals surface area contributed by atoms with Crippen molar-refractivity contribution in [2.75, 3.05) is 17.7 Å². The molecule has 0 aromatic heterocycles. The van der Waals surface area contributed by atoms with Crippen LogP contribution in [0.2, 0.25) is 0 Å². The van der Waals surface area contributed by atoms with Crippen molar-refractivity contribution in [3.8, 4) is 5.75 Å². The Bertz CT molecular complexity index is 1940. The number of ketones is 1. The van der Waals surface area contributed by atoms with Gasteiger partial charge in [0.2, 0.25) is 5.91 Å². The minimum atomic E-state index is -0.627. The molecule has 0 aliphatic carbocycles. The van der Waals surface area contributed by atoms with Gasteiger partial charge >= 0.3 is 0 Å². The fourth-order valence-electron chi connectivity index (χ4n) is 4.72. The molecular formula is C39H33N3O5S. The van der Waals surface area contributed by atoms with E-state index in [0.29, 0.717) is 33.8 Å². The maximum atomic E-state index is 13.7. The molecule has 0 saturated heterocycles. The number of ether oxygens (including phenoxy) is 1. The first kappa shape index (κ1) is 33.4. The summed E-state index contributed by atoms with van der Waals surface area (Å²) < 4.78 is 5.32. The third kappa shape index (κ3) is 9.08. The largest absolute Gasteiger partial charge is 0.497 e. The number of carbonyl (C=O) groups excluding carboxylic acids is 4. The predicted molar refractivity (Wildman–Crippen MR) is 190 cm³/mol. The smallest absolute Gasteiger partial charge is 0.272 e. The molecule has 0 heterocycles. The molecule has 48 heavy (non-hydrogen) atoms. The first-order valence-corrected chi connectivity index (χ1v) is 15.9. The lowest BCUT2D eigenvalue weighted by Crippen LogP contribution is -2.30. The Morgan fingerprint density at radius 2 is 1.38 bits per heavy atom. The van der Waals surface area contributed by atoms with Gasteiger partial charge in [-0.15, -0.1) is 11.8 Å². The zero-order valence-electron chi connectivity index (χ0n) is 26.3. The van der Waals surface area contributed by atoms with E-state index >= 15 is 0 Å². The number of hydrogen-bond acceptors (Lipinski definition) is 6. The van der Waals surface area contributed by atoms with Crippen LogP contribution < -0.4 is 20.7 Å². The zero-order valence-corrected chi connectivity index (χ0v) is 27.1.